The first-order valence-electron chi connectivity index (χ1n) is 10.4. The zero-order valence-corrected chi connectivity index (χ0v) is 19.9. The van der Waals surface area contributed by atoms with E-state index in [2.05, 4.69) is 5.10 Å². The first kappa shape index (κ1) is 22.8. The second-order valence-electron chi connectivity index (χ2n) is 9.14. The minimum Gasteiger partial charge on any atom is -0.507 e. The number of rotatable bonds is 4. The number of fused-ring (bicyclic) bond motifs is 1. The molecule has 2 aromatic carbocycles. The van der Waals surface area contributed by atoms with E-state index in [4.69, 9.17) is 9.47 Å². The van der Waals surface area contributed by atoms with Crippen LogP contribution in [0, 0.1) is 5.41 Å². The van der Waals surface area contributed by atoms with Crippen LogP contribution in [0.4, 0.5) is 0 Å². The average molecular weight is 471 g/mol. The summed E-state index contributed by atoms with van der Waals surface area (Å²) >= 11 is 0. The summed E-state index contributed by atoms with van der Waals surface area (Å²) in [7, 11) is -2.47. The number of benzene rings is 2. The number of ether oxygens (including phenoxy) is 2. The average Bonchev–Trinajstić information content (AvgIpc) is 2.74. The summed E-state index contributed by atoms with van der Waals surface area (Å²) in [6.07, 6.45) is -0.638. The molecule has 0 unspecified atom stereocenters. The van der Waals surface area contributed by atoms with E-state index >= 15 is 0 Å². The van der Waals surface area contributed by atoms with Gasteiger partial charge in [0.15, 0.2) is 0 Å². The predicted molar refractivity (Wildman–Crippen MR) is 121 cm³/mol. The summed E-state index contributed by atoms with van der Waals surface area (Å²) in [6.45, 7) is 7.81. The van der Waals surface area contributed by atoms with Gasteiger partial charge in [-0.3, -0.25) is 4.79 Å². The quantitative estimate of drug-likeness (QED) is 0.620. The smallest absolute Gasteiger partial charge is 0.266 e. The third kappa shape index (κ3) is 3.76. The monoisotopic (exact) mass is 470 g/mol. The molecule has 9 heteroatoms. The van der Waals surface area contributed by atoms with E-state index in [0.29, 0.717) is 11.3 Å². The van der Waals surface area contributed by atoms with Crippen LogP contribution in [0.2, 0.25) is 0 Å². The Kier molecular flexibility index (Phi) is 5.28. The van der Waals surface area contributed by atoms with E-state index in [1.165, 1.54) is 48.1 Å². The molecule has 1 aromatic heterocycles. The first-order valence-corrected chi connectivity index (χ1v) is 11.9. The van der Waals surface area contributed by atoms with Crippen molar-refractivity contribution >= 4 is 9.84 Å². The van der Waals surface area contributed by atoms with Crippen LogP contribution in [0.3, 0.4) is 0 Å². The van der Waals surface area contributed by atoms with Gasteiger partial charge in [0.1, 0.15) is 28.1 Å². The van der Waals surface area contributed by atoms with Gasteiger partial charge in [-0.05, 0) is 44.2 Å². The van der Waals surface area contributed by atoms with Crippen LogP contribution in [0.1, 0.15) is 39.4 Å². The highest BCUT2D eigenvalue weighted by Crippen LogP contribution is 2.53. The zero-order valence-electron chi connectivity index (χ0n) is 19.1. The molecule has 2 heterocycles. The number of para-hydroxylation sites is 1. The van der Waals surface area contributed by atoms with Gasteiger partial charge in [-0.15, -0.1) is 5.10 Å². The summed E-state index contributed by atoms with van der Waals surface area (Å²) in [4.78, 5) is 11.6. The van der Waals surface area contributed by atoms with Gasteiger partial charge >= 0.3 is 0 Å². The minimum atomic E-state index is -4.00. The molecule has 1 aliphatic rings. The maximum Gasteiger partial charge on any atom is 0.266 e. The minimum absolute atomic E-state index is 0.00359. The van der Waals surface area contributed by atoms with Crippen LogP contribution < -0.4 is 15.0 Å². The second kappa shape index (κ2) is 7.62. The number of aromatic nitrogens is 2. The Labute approximate surface area is 192 Å². The van der Waals surface area contributed by atoms with Crippen molar-refractivity contribution < 1.29 is 23.0 Å². The normalized spacial score (nSPS) is 18.8. The Balaban J connectivity index is 1.87. The Morgan fingerprint density at radius 2 is 1.76 bits per heavy atom. The van der Waals surface area contributed by atoms with Crippen molar-refractivity contribution in [1.29, 1.82) is 0 Å². The number of hydrogen-bond donors (Lipinski definition) is 1. The third-order valence-corrected chi connectivity index (χ3v) is 8.27. The summed E-state index contributed by atoms with van der Waals surface area (Å²) in [5, 5.41) is 14.3. The molecule has 174 valence electrons. The summed E-state index contributed by atoms with van der Waals surface area (Å²) in [6, 6.07) is 13.2. The number of hydrogen-bond acceptors (Lipinski definition) is 7. The molecule has 4 rings (SSSR count). The van der Waals surface area contributed by atoms with E-state index in [1.807, 2.05) is 27.7 Å². The van der Waals surface area contributed by atoms with E-state index < -0.39 is 27.0 Å². The van der Waals surface area contributed by atoms with Gasteiger partial charge in [0.2, 0.25) is 15.7 Å². The van der Waals surface area contributed by atoms with Crippen molar-refractivity contribution in [2.75, 3.05) is 0 Å². The molecule has 1 aliphatic heterocycles. The van der Waals surface area contributed by atoms with Crippen molar-refractivity contribution in [3.05, 3.63) is 70.5 Å². The number of aryl methyl sites for hydroxylation is 1. The Morgan fingerprint density at radius 3 is 2.42 bits per heavy atom. The second-order valence-corrected chi connectivity index (χ2v) is 11.1. The lowest BCUT2D eigenvalue weighted by Gasteiger charge is -2.50. The fourth-order valence-corrected chi connectivity index (χ4v) is 5.17. The highest BCUT2D eigenvalue weighted by molar-refractivity contribution is 7.91. The lowest BCUT2D eigenvalue weighted by atomic mass is 9.68. The summed E-state index contributed by atoms with van der Waals surface area (Å²) in [5.41, 5.74) is -1.02. The van der Waals surface area contributed by atoms with Crippen LogP contribution in [0.25, 0.3) is 0 Å². The van der Waals surface area contributed by atoms with Gasteiger partial charge in [0, 0.05) is 30.2 Å². The molecule has 0 spiro atoms. The van der Waals surface area contributed by atoms with E-state index in [1.54, 1.807) is 18.2 Å². The highest BCUT2D eigenvalue weighted by Gasteiger charge is 2.52. The van der Waals surface area contributed by atoms with Crippen LogP contribution in [0.15, 0.2) is 69.2 Å². The van der Waals surface area contributed by atoms with Crippen molar-refractivity contribution in [3.8, 4) is 17.4 Å². The Morgan fingerprint density at radius 1 is 1.06 bits per heavy atom. The van der Waals surface area contributed by atoms with Gasteiger partial charge in [0.25, 0.3) is 5.56 Å². The lowest BCUT2D eigenvalue weighted by molar-refractivity contribution is -0.101. The molecular formula is C24H26N2O6S. The molecule has 33 heavy (non-hydrogen) atoms. The number of aromatic hydroxyl groups is 1. The van der Waals surface area contributed by atoms with Crippen LogP contribution >= 0.6 is 0 Å². The van der Waals surface area contributed by atoms with Crippen molar-refractivity contribution in [2.24, 2.45) is 12.5 Å². The zero-order chi connectivity index (χ0) is 24.2. The molecule has 0 amide bonds. The maximum atomic E-state index is 13.3. The highest BCUT2D eigenvalue weighted by atomic mass is 32.2. The lowest BCUT2D eigenvalue weighted by Crippen LogP contribution is -2.52. The molecular weight excluding hydrogens is 444 g/mol. The topological polar surface area (TPSA) is 108 Å². The third-order valence-electron chi connectivity index (χ3n) is 6.48. The molecule has 0 saturated carbocycles. The van der Waals surface area contributed by atoms with Gasteiger partial charge in [-0.25, -0.2) is 13.1 Å². The van der Waals surface area contributed by atoms with Crippen molar-refractivity contribution in [1.82, 2.24) is 9.78 Å². The number of sulfone groups is 1. The van der Waals surface area contributed by atoms with Crippen LogP contribution in [-0.4, -0.2) is 28.9 Å². The summed E-state index contributed by atoms with van der Waals surface area (Å²) < 4.78 is 40.3. The number of phenols is 1. The Hall–Kier alpha value is -3.33. The molecule has 0 bridgehead atoms. The summed E-state index contributed by atoms with van der Waals surface area (Å²) in [5.74, 6) is 0.397. The number of phenolic OH excluding ortho intramolecular Hbond substituents is 1. The molecule has 3 aromatic rings. The molecule has 1 atom stereocenters. The number of nitrogens with zero attached hydrogens (tertiary/aromatic N) is 2. The predicted octanol–water partition coefficient (Wildman–Crippen LogP) is 3.64. The molecule has 0 radical (unpaired) electrons. The first-order chi connectivity index (χ1) is 15.3. The van der Waals surface area contributed by atoms with Crippen molar-refractivity contribution in [3.63, 3.8) is 0 Å². The molecule has 0 saturated heterocycles. The maximum absolute atomic E-state index is 13.3. The van der Waals surface area contributed by atoms with E-state index in [0.717, 1.165) is 0 Å². The fraction of sp³-hybridized carbons (Fsp3) is 0.333. The van der Waals surface area contributed by atoms with Crippen LogP contribution in [-0.2, 0) is 16.9 Å². The van der Waals surface area contributed by atoms with Gasteiger partial charge in [0.05, 0.1) is 4.90 Å². The molecule has 0 aliphatic carbocycles. The standard InChI is InChI=1S/C24H26N2O6S/c1-23(2)22(31-20-12-13-21(28)26(5)25-20)16-14-15(10-11-18(16)32-24(23,3)4)33(29,30)19-9-7-6-8-17(19)27/h6-14,22,27H,1-5H3/t22-/m1/s1. The molecule has 0 fully saturated rings. The largest absolute Gasteiger partial charge is 0.507 e. The Bertz CT molecular complexity index is 1390. The molecule has 8 nitrogen and oxygen atoms in total. The SMILES string of the molecule is Cn1nc(O[C@@H]2c3cc(S(=O)(=O)c4ccccc4O)ccc3OC(C)(C)C2(C)C)ccc1=O. The van der Waals surface area contributed by atoms with E-state index in [9.17, 15) is 18.3 Å². The van der Waals surface area contributed by atoms with E-state index in [-0.39, 0.29) is 27.0 Å². The molecule has 1 N–H and O–H groups in total. The van der Waals surface area contributed by atoms with Gasteiger partial charge in [-0.1, -0.05) is 26.0 Å². The van der Waals surface area contributed by atoms with Crippen molar-refractivity contribution in [2.45, 2.75) is 49.2 Å². The van der Waals surface area contributed by atoms with Gasteiger partial charge in [-0.2, -0.15) is 0 Å². The van der Waals surface area contributed by atoms with Crippen LogP contribution in [0.5, 0.6) is 17.4 Å². The fourth-order valence-electron chi connectivity index (χ4n) is 3.79. The van der Waals surface area contributed by atoms with Gasteiger partial charge < -0.3 is 14.6 Å².